The van der Waals surface area contributed by atoms with Crippen LogP contribution in [0.2, 0.25) is 0 Å². The zero-order chi connectivity index (χ0) is 21.7. The second kappa shape index (κ2) is 9.33. The average Bonchev–Trinajstić information content (AvgIpc) is 3.15. The molecule has 0 aliphatic carbocycles. The molecule has 3 aromatic rings. The van der Waals surface area contributed by atoms with E-state index in [-0.39, 0.29) is 13.0 Å². The lowest BCUT2D eigenvalue weighted by molar-refractivity contribution is 0.136. The van der Waals surface area contributed by atoms with Gasteiger partial charge in [-0.2, -0.15) is 0 Å². The van der Waals surface area contributed by atoms with Crippen LogP contribution in [0.25, 0.3) is 11.0 Å². The molecule has 2 atom stereocenters. The summed E-state index contributed by atoms with van der Waals surface area (Å²) in [5, 5.41) is 22.7. The third kappa shape index (κ3) is 5.02. The maximum Gasteiger partial charge on any atom is 0.475 e. The fraction of sp³-hybridized carbons (Fsp3) is 0.250. The number of nitrogens with one attached hydrogen (secondary N) is 1. The molecule has 0 aliphatic heterocycles. The summed E-state index contributed by atoms with van der Waals surface area (Å²) in [5.74, 6) is -1.00. The Morgan fingerprint density at radius 3 is 2.63 bits per heavy atom. The van der Waals surface area contributed by atoms with E-state index < -0.39 is 28.9 Å². The first-order valence-electron chi connectivity index (χ1n) is 9.24. The molecule has 158 valence electrons. The molecule has 3 rings (SSSR count). The van der Waals surface area contributed by atoms with Gasteiger partial charge in [-0.05, 0) is 24.1 Å². The van der Waals surface area contributed by atoms with Gasteiger partial charge < -0.3 is 24.5 Å². The molecule has 0 radical (unpaired) electrons. The predicted molar refractivity (Wildman–Crippen MR) is 114 cm³/mol. The number of fused-ring (bicyclic) bond motifs is 1. The highest BCUT2D eigenvalue weighted by Crippen LogP contribution is 2.22. The Balaban J connectivity index is 1.68. The topological polar surface area (TPSA) is 121 Å². The van der Waals surface area contributed by atoms with Crippen molar-refractivity contribution in [2.24, 2.45) is 4.36 Å². The van der Waals surface area contributed by atoms with Crippen LogP contribution in [0.4, 0.5) is 4.79 Å². The third-order valence-electron chi connectivity index (χ3n) is 4.75. The molecule has 0 aliphatic rings. The quantitative estimate of drug-likeness (QED) is 0.495. The van der Waals surface area contributed by atoms with E-state index >= 15 is 0 Å². The van der Waals surface area contributed by atoms with Gasteiger partial charge in [0.1, 0.15) is 12.2 Å². The van der Waals surface area contributed by atoms with Crippen molar-refractivity contribution < 1.29 is 28.2 Å². The Kier molecular flexibility index (Phi) is 6.81. The van der Waals surface area contributed by atoms with Crippen molar-refractivity contribution in [3.05, 3.63) is 65.9 Å². The van der Waals surface area contributed by atoms with Gasteiger partial charge >= 0.3 is 13.2 Å². The van der Waals surface area contributed by atoms with Gasteiger partial charge in [0.05, 0.1) is 26.8 Å². The molecule has 8 nitrogen and oxygen atoms in total. The van der Waals surface area contributed by atoms with Crippen molar-refractivity contribution in [3.63, 3.8) is 0 Å². The molecular formula is C20H23BN2O6S. The molecule has 2 aromatic carbocycles. The number of rotatable bonds is 7. The maximum absolute atomic E-state index is 12.6. The van der Waals surface area contributed by atoms with E-state index in [0.29, 0.717) is 16.0 Å². The minimum absolute atomic E-state index is 0.134. The van der Waals surface area contributed by atoms with Crippen molar-refractivity contribution in [1.29, 1.82) is 0 Å². The van der Waals surface area contributed by atoms with Gasteiger partial charge in [0, 0.05) is 24.3 Å². The molecule has 1 unspecified atom stereocenters. The number of ether oxygens (including phenoxy) is 1. The van der Waals surface area contributed by atoms with Gasteiger partial charge in [-0.15, -0.1) is 0 Å². The number of hydrogen-bond donors (Lipinski definition) is 3. The Bertz CT molecular complexity index is 1150. The van der Waals surface area contributed by atoms with Crippen molar-refractivity contribution in [2.75, 3.05) is 13.3 Å². The van der Waals surface area contributed by atoms with Crippen LogP contribution in [-0.2, 0) is 27.5 Å². The lowest BCUT2D eigenvalue weighted by Gasteiger charge is -2.18. The van der Waals surface area contributed by atoms with Crippen molar-refractivity contribution in [2.45, 2.75) is 23.9 Å². The third-order valence-corrected chi connectivity index (χ3v) is 6.66. The minimum atomic E-state index is -2.60. The van der Waals surface area contributed by atoms with E-state index in [1.165, 1.54) is 19.6 Å². The number of nitrogens with zero attached hydrogens (tertiary/aromatic N) is 1. The minimum Gasteiger partial charge on any atom is -0.464 e. The molecule has 0 saturated carbocycles. The SMILES string of the molecule is CN=S(C)(=O)c1ccccc1COC(=O)N[C@@H](Cc1coc2ccccc12)B(O)O. The number of carbonyl (C=O) groups is 1. The molecular weight excluding hydrogens is 407 g/mol. The monoisotopic (exact) mass is 430 g/mol. The Morgan fingerprint density at radius 2 is 1.90 bits per heavy atom. The van der Waals surface area contributed by atoms with Gasteiger partial charge in [-0.25, -0.2) is 13.4 Å². The summed E-state index contributed by atoms with van der Waals surface area (Å²) in [5.41, 5.74) is 1.96. The van der Waals surface area contributed by atoms with Gasteiger partial charge in [-0.1, -0.05) is 36.4 Å². The summed E-state index contributed by atoms with van der Waals surface area (Å²) in [6.07, 6.45) is 2.35. The Morgan fingerprint density at radius 1 is 1.20 bits per heavy atom. The van der Waals surface area contributed by atoms with Crippen LogP contribution < -0.4 is 5.32 Å². The van der Waals surface area contributed by atoms with E-state index in [4.69, 9.17) is 9.15 Å². The second-order valence-corrected chi connectivity index (χ2v) is 9.20. The first kappa shape index (κ1) is 21.9. The van der Waals surface area contributed by atoms with Crippen molar-refractivity contribution in [1.82, 2.24) is 5.32 Å². The Hall–Kier alpha value is -2.82. The summed E-state index contributed by atoms with van der Waals surface area (Å²) in [6, 6.07) is 14.2. The number of alkyl carbamates (subject to hydrolysis) is 1. The van der Waals surface area contributed by atoms with Crippen LogP contribution in [0.1, 0.15) is 11.1 Å². The van der Waals surface area contributed by atoms with E-state index in [9.17, 15) is 19.1 Å². The summed E-state index contributed by atoms with van der Waals surface area (Å²) in [4.78, 5) is 12.8. The normalized spacial score (nSPS) is 14.0. The summed E-state index contributed by atoms with van der Waals surface area (Å²) in [7, 11) is -2.92. The molecule has 1 aromatic heterocycles. The lowest BCUT2D eigenvalue weighted by Crippen LogP contribution is -2.48. The van der Waals surface area contributed by atoms with Crippen LogP contribution in [0.3, 0.4) is 0 Å². The van der Waals surface area contributed by atoms with Crippen LogP contribution in [-0.4, -0.2) is 46.7 Å². The molecule has 3 N–H and O–H groups in total. The summed E-state index contributed by atoms with van der Waals surface area (Å²) in [6.45, 7) is -0.134. The van der Waals surface area contributed by atoms with Crippen LogP contribution in [0, 0.1) is 0 Å². The van der Waals surface area contributed by atoms with Gasteiger partial charge in [0.25, 0.3) is 0 Å². The molecule has 1 amide bonds. The van der Waals surface area contributed by atoms with E-state index in [2.05, 4.69) is 9.68 Å². The number of para-hydroxylation sites is 1. The van der Waals surface area contributed by atoms with Crippen LogP contribution >= 0.6 is 0 Å². The lowest BCUT2D eigenvalue weighted by atomic mass is 9.76. The van der Waals surface area contributed by atoms with Crippen molar-refractivity contribution in [3.8, 4) is 0 Å². The van der Waals surface area contributed by atoms with Crippen LogP contribution in [0.5, 0.6) is 0 Å². The van der Waals surface area contributed by atoms with E-state index in [1.807, 2.05) is 18.2 Å². The number of carbonyl (C=O) groups excluding carboxylic acids is 1. The zero-order valence-corrected chi connectivity index (χ0v) is 17.5. The molecule has 10 heteroatoms. The molecule has 30 heavy (non-hydrogen) atoms. The predicted octanol–water partition coefficient (Wildman–Crippen LogP) is 2.37. The smallest absolute Gasteiger partial charge is 0.464 e. The standard InChI is InChI=1S/C20H23BN2O6S/c1-22-30(2,27)18-10-6-3-7-14(18)12-29-20(24)23-19(21(25)26)11-15-13-28-17-9-5-4-8-16(15)17/h3-10,13,19,25-26H,11-12H2,1-2H3,(H,23,24)/t19-,30?/m0/s1. The summed E-state index contributed by atoms with van der Waals surface area (Å²) >= 11 is 0. The number of amides is 1. The highest BCUT2D eigenvalue weighted by molar-refractivity contribution is 7.93. The first-order chi connectivity index (χ1) is 14.3. The number of hydrogen-bond acceptors (Lipinski definition) is 7. The van der Waals surface area contributed by atoms with Gasteiger partial charge in [-0.3, -0.25) is 0 Å². The molecule has 1 heterocycles. The van der Waals surface area contributed by atoms with Crippen LogP contribution in [0.15, 0.2) is 68.5 Å². The zero-order valence-electron chi connectivity index (χ0n) is 16.6. The Labute approximate surface area is 175 Å². The largest absolute Gasteiger partial charge is 0.475 e. The van der Waals surface area contributed by atoms with E-state index in [0.717, 1.165) is 10.9 Å². The van der Waals surface area contributed by atoms with Crippen molar-refractivity contribution >= 4 is 33.9 Å². The molecule has 0 spiro atoms. The van der Waals surface area contributed by atoms with E-state index in [1.54, 1.807) is 30.3 Å². The average molecular weight is 430 g/mol. The highest BCUT2D eigenvalue weighted by Gasteiger charge is 2.27. The highest BCUT2D eigenvalue weighted by atomic mass is 32.2. The van der Waals surface area contributed by atoms with Gasteiger partial charge in [0.15, 0.2) is 0 Å². The molecule has 0 fully saturated rings. The number of benzene rings is 2. The van der Waals surface area contributed by atoms with Gasteiger partial charge in [0.2, 0.25) is 0 Å². The maximum atomic E-state index is 12.6. The summed E-state index contributed by atoms with van der Waals surface area (Å²) < 4.78 is 27.2. The molecule has 0 saturated heterocycles. The first-order valence-corrected chi connectivity index (χ1v) is 11.2. The fourth-order valence-corrected chi connectivity index (χ4v) is 4.23. The fourth-order valence-electron chi connectivity index (χ4n) is 3.09. The molecule has 0 bridgehead atoms. The second-order valence-electron chi connectivity index (χ2n) is 6.79. The number of furan rings is 1.